The van der Waals surface area contributed by atoms with Gasteiger partial charge < -0.3 is 8.75 Å². The molecule has 0 spiro atoms. The highest BCUT2D eigenvalue weighted by Crippen LogP contribution is 2.26. The lowest BCUT2D eigenvalue weighted by Crippen LogP contribution is -2.28. The summed E-state index contributed by atoms with van der Waals surface area (Å²) in [7, 11) is -1.29. The molecule has 3 rings (SSSR count). The maximum absolute atomic E-state index is 12.6. The molecule has 0 saturated heterocycles. The average molecular weight is 375 g/mol. The van der Waals surface area contributed by atoms with E-state index in [0.29, 0.717) is 0 Å². The smallest absolute Gasteiger partial charge is 0.339 e. The van der Waals surface area contributed by atoms with Crippen molar-refractivity contribution in [2.75, 3.05) is 0 Å². The molecule has 0 bridgehead atoms. The Kier molecular flexibility index (Phi) is 4.19. The lowest BCUT2D eigenvalue weighted by molar-refractivity contribution is 0.485. The van der Waals surface area contributed by atoms with Gasteiger partial charge in [-0.25, -0.2) is 4.98 Å². The first-order valence-corrected chi connectivity index (χ1v) is 9.10. The van der Waals surface area contributed by atoms with Crippen molar-refractivity contribution in [2.24, 2.45) is 14.1 Å². The van der Waals surface area contributed by atoms with E-state index in [1.165, 1.54) is 48.6 Å². The number of hydrogen-bond acceptors (Lipinski definition) is 6. The van der Waals surface area contributed by atoms with Crippen LogP contribution in [-0.2, 0) is 24.2 Å². The standard InChI is InChI=1S/C17H17N3O5S/c1-10-5-7-12(8-6-10)26(23,24)25-14-11(2)16(21)20(4)15-13(14)17(22)19(3)9-18-15/h5-9H,1-4H3. The molecule has 0 aliphatic rings. The van der Waals surface area contributed by atoms with E-state index in [-0.39, 0.29) is 27.2 Å². The fourth-order valence-corrected chi connectivity index (χ4v) is 3.58. The highest BCUT2D eigenvalue weighted by molar-refractivity contribution is 7.87. The molecule has 136 valence electrons. The van der Waals surface area contributed by atoms with Gasteiger partial charge in [0.15, 0.2) is 11.4 Å². The van der Waals surface area contributed by atoms with Crippen molar-refractivity contribution in [3.63, 3.8) is 0 Å². The largest absolute Gasteiger partial charge is 0.377 e. The van der Waals surface area contributed by atoms with Gasteiger partial charge in [0, 0.05) is 14.1 Å². The molecule has 3 aromatic rings. The van der Waals surface area contributed by atoms with Crippen LogP contribution in [0.5, 0.6) is 5.75 Å². The number of hydrogen-bond donors (Lipinski definition) is 0. The Hall–Kier alpha value is -2.94. The molecule has 2 aromatic heterocycles. The number of pyridine rings is 1. The molecule has 0 atom stereocenters. The van der Waals surface area contributed by atoms with Gasteiger partial charge in [-0.1, -0.05) is 17.7 Å². The molecule has 1 aromatic carbocycles. The summed E-state index contributed by atoms with van der Waals surface area (Å²) in [6, 6.07) is 6.07. The summed E-state index contributed by atoms with van der Waals surface area (Å²) in [6.45, 7) is 3.24. The summed E-state index contributed by atoms with van der Waals surface area (Å²) in [5.74, 6) is -0.294. The highest BCUT2D eigenvalue weighted by atomic mass is 32.2. The van der Waals surface area contributed by atoms with E-state index in [1.807, 2.05) is 6.92 Å². The zero-order valence-electron chi connectivity index (χ0n) is 14.7. The fraction of sp³-hybridized carbons (Fsp3) is 0.235. The van der Waals surface area contributed by atoms with Crippen LogP contribution >= 0.6 is 0 Å². The van der Waals surface area contributed by atoms with Crippen LogP contribution in [0, 0.1) is 13.8 Å². The third kappa shape index (κ3) is 2.80. The monoisotopic (exact) mass is 375 g/mol. The van der Waals surface area contributed by atoms with Crippen molar-refractivity contribution in [1.29, 1.82) is 0 Å². The third-order valence-corrected chi connectivity index (χ3v) is 5.36. The molecule has 2 heterocycles. The SMILES string of the molecule is Cc1ccc(S(=O)(=O)Oc2c(C)c(=O)n(C)c3ncn(C)c(=O)c23)cc1. The van der Waals surface area contributed by atoms with Gasteiger partial charge in [-0.05, 0) is 26.0 Å². The zero-order valence-corrected chi connectivity index (χ0v) is 15.5. The molecule has 26 heavy (non-hydrogen) atoms. The summed E-state index contributed by atoms with van der Waals surface area (Å²) in [5.41, 5.74) is -0.0500. The van der Waals surface area contributed by atoms with Gasteiger partial charge in [0.1, 0.15) is 10.3 Å². The summed E-state index contributed by atoms with van der Waals surface area (Å²) < 4.78 is 32.9. The average Bonchev–Trinajstić information content (AvgIpc) is 2.59. The Morgan fingerprint density at radius 3 is 2.23 bits per heavy atom. The van der Waals surface area contributed by atoms with Crippen molar-refractivity contribution in [3.8, 4) is 5.75 Å². The predicted octanol–water partition coefficient (Wildman–Crippen LogP) is 1.02. The normalized spacial score (nSPS) is 11.7. The summed E-state index contributed by atoms with van der Waals surface area (Å²) in [4.78, 5) is 29.0. The number of nitrogens with zero attached hydrogens (tertiary/aromatic N) is 3. The number of benzene rings is 1. The van der Waals surface area contributed by atoms with E-state index in [9.17, 15) is 18.0 Å². The molecule has 0 aliphatic carbocycles. The summed E-state index contributed by atoms with van der Waals surface area (Å²) in [6.07, 6.45) is 1.26. The van der Waals surface area contributed by atoms with E-state index in [2.05, 4.69) is 4.98 Å². The lowest BCUT2D eigenvalue weighted by Gasteiger charge is -2.14. The minimum atomic E-state index is -4.23. The quantitative estimate of drug-likeness (QED) is 0.634. The zero-order chi connectivity index (χ0) is 19.2. The van der Waals surface area contributed by atoms with E-state index < -0.39 is 21.2 Å². The van der Waals surface area contributed by atoms with Crippen molar-refractivity contribution in [3.05, 3.63) is 62.4 Å². The van der Waals surface area contributed by atoms with Crippen molar-refractivity contribution in [1.82, 2.24) is 14.1 Å². The first-order valence-electron chi connectivity index (χ1n) is 7.69. The number of fused-ring (bicyclic) bond motifs is 1. The van der Waals surface area contributed by atoms with E-state index in [0.717, 1.165) is 5.56 Å². The Morgan fingerprint density at radius 2 is 1.62 bits per heavy atom. The van der Waals surface area contributed by atoms with Gasteiger partial charge in [0.05, 0.1) is 11.9 Å². The van der Waals surface area contributed by atoms with Crippen LogP contribution in [0.15, 0.2) is 45.1 Å². The van der Waals surface area contributed by atoms with Gasteiger partial charge in [-0.3, -0.25) is 14.2 Å². The summed E-state index contributed by atoms with van der Waals surface area (Å²) >= 11 is 0. The minimum absolute atomic E-state index is 0.0146. The van der Waals surface area contributed by atoms with Gasteiger partial charge in [-0.2, -0.15) is 8.42 Å². The van der Waals surface area contributed by atoms with E-state index in [1.54, 1.807) is 12.1 Å². The van der Waals surface area contributed by atoms with E-state index in [4.69, 9.17) is 4.18 Å². The number of aryl methyl sites for hydroxylation is 3. The third-order valence-electron chi connectivity index (χ3n) is 4.12. The molecule has 9 heteroatoms. The Balaban J connectivity index is 2.32. The maximum atomic E-state index is 12.6. The molecular weight excluding hydrogens is 358 g/mol. The van der Waals surface area contributed by atoms with Gasteiger partial charge in [-0.15, -0.1) is 0 Å². The van der Waals surface area contributed by atoms with Crippen LogP contribution in [0.1, 0.15) is 11.1 Å². The van der Waals surface area contributed by atoms with Gasteiger partial charge in [0.2, 0.25) is 0 Å². The second kappa shape index (κ2) is 6.10. The van der Waals surface area contributed by atoms with Crippen LogP contribution in [-0.4, -0.2) is 22.5 Å². The van der Waals surface area contributed by atoms with Crippen LogP contribution in [0.3, 0.4) is 0 Å². The molecule has 0 saturated carbocycles. The molecule has 0 radical (unpaired) electrons. The van der Waals surface area contributed by atoms with Crippen LogP contribution < -0.4 is 15.3 Å². The first-order chi connectivity index (χ1) is 12.1. The molecule has 0 unspecified atom stereocenters. The van der Waals surface area contributed by atoms with Gasteiger partial charge in [0.25, 0.3) is 11.1 Å². The maximum Gasteiger partial charge on any atom is 0.339 e. The second-order valence-electron chi connectivity index (χ2n) is 6.03. The van der Waals surface area contributed by atoms with Crippen LogP contribution in [0.25, 0.3) is 11.0 Å². The number of aromatic nitrogens is 3. The van der Waals surface area contributed by atoms with Crippen LogP contribution in [0.2, 0.25) is 0 Å². The Labute approximate surface area is 149 Å². The topological polar surface area (TPSA) is 100 Å². The predicted molar refractivity (Wildman–Crippen MR) is 96.0 cm³/mol. The van der Waals surface area contributed by atoms with Crippen LogP contribution in [0.4, 0.5) is 0 Å². The summed E-state index contributed by atoms with van der Waals surface area (Å²) in [5, 5.41) is -0.0645. The van der Waals surface area contributed by atoms with E-state index >= 15 is 0 Å². The Morgan fingerprint density at radius 1 is 1.00 bits per heavy atom. The molecule has 0 aliphatic heterocycles. The highest BCUT2D eigenvalue weighted by Gasteiger charge is 2.24. The Bertz CT molecular complexity index is 1240. The number of rotatable bonds is 3. The van der Waals surface area contributed by atoms with Crippen molar-refractivity contribution in [2.45, 2.75) is 18.7 Å². The van der Waals surface area contributed by atoms with Crippen molar-refractivity contribution >= 4 is 21.2 Å². The molecule has 8 nitrogen and oxygen atoms in total. The molecule has 0 fully saturated rings. The van der Waals surface area contributed by atoms with Crippen molar-refractivity contribution < 1.29 is 12.6 Å². The molecule has 0 amide bonds. The lowest BCUT2D eigenvalue weighted by atomic mass is 10.2. The molecule has 0 N–H and O–H groups in total. The molecular formula is C17H17N3O5S. The first kappa shape index (κ1) is 17.9. The fourth-order valence-electron chi connectivity index (χ4n) is 2.58. The minimum Gasteiger partial charge on any atom is -0.377 e. The van der Waals surface area contributed by atoms with Gasteiger partial charge >= 0.3 is 10.1 Å². The second-order valence-corrected chi connectivity index (χ2v) is 7.57.